The monoisotopic (exact) mass is 281 g/mol. The molecule has 3 nitrogen and oxygen atoms in total. The summed E-state index contributed by atoms with van der Waals surface area (Å²) in [6.45, 7) is 2.79. The Bertz CT molecular complexity index is 579. The van der Waals surface area contributed by atoms with Crippen molar-refractivity contribution in [3.63, 3.8) is 0 Å². The third-order valence-corrected chi connectivity index (χ3v) is 2.59. The summed E-state index contributed by atoms with van der Waals surface area (Å²) in [7, 11) is 0. The first-order valence-corrected chi connectivity index (χ1v) is 6.20. The van der Waals surface area contributed by atoms with E-state index in [1.54, 1.807) is 12.3 Å². The van der Waals surface area contributed by atoms with Gasteiger partial charge in [0.25, 0.3) is 0 Å². The molecule has 20 heavy (non-hydrogen) atoms. The Kier molecular flexibility index (Phi) is 4.45. The second kappa shape index (κ2) is 6.27. The van der Waals surface area contributed by atoms with Gasteiger partial charge in [-0.3, -0.25) is 4.98 Å². The lowest BCUT2D eigenvalue weighted by atomic mass is 10.2. The molecule has 0 aliphatic heterocycles. The van der Waals surface area contributed by atoms with Crippen LogP contribution in [-0.4, -0.2) is 11.5 Å². The summed E-state index contributed by atoms with van der Waals surface area (Å²) < 4.78 is 39.9. The largest absolute Gasteiger partial charge is 0.384 e. The molecule has 0 fully saturated rings. The lowest BCUT2D eigenvalue weighted by Gasteiger charge is -2.10. The molecule has 0 unspecified atom stereocenters. The Morgan fingerprint density at radius 3 is 2.30 bits per heavy atom. The fourth-order valence-corrected chi connectivity index (χ4v) is 1.68. The number of nitrogens with zero attached hydrogens (tertiary/aromatic N) is 1. The third-order valence-electron chi connectivity index (χ3n) is 2.59. The van der Waals surface area contributed by atoms with Crippen LogP contribution in [0.25, 0.3) is 0 Å². The number of nitrogens with one attached hydrogen (secondary N) is 2. The zero-order valence-electron chi connectivity index (χ0n) is 10.9. The van der Waals surface area contributed by atoms with E-state index in [1.165, 1.54) is 6.20 Å². The van der Waals surface area contributed by atoms with Crippen molar-refractivity contribution in [2.45, 2.75) is 13.3 Å². The maximum absolute atomic E-state index is 13.5. The number of anilines is 3. The van der Waals surface area contributed by atoms with Crippen LogP contribution >= 0.6 is 0 Å². The van der Waals surface area contributed by atoms with E-state index in [2.05, 4.69) is 15.6 Å². The van der Waals surface area contributed by atoms with E-state index >= 15 is 0 Å². The molecule has 2 aromatic rings. The van der Waals surface area contributed by atoms with Gasteiger partial charge in [-0.15, -0.1) is 0 Å². The molecule has 0 bridgehead atoms. The van der Waals surface area contributed by atoms with Crippen molar-refractivity contribution in [2.24, 2.45) is 0 Å². The Labute approximate surface area is 114 Å². The van der Waals surface area contributed by atoms with Crippen LogP contribution in [0.4, 0.5) is 30.2 Å². The quantitative estimate of drug-likeness (QED) is 0.867. The summed E-state index contributed by atoms with van der Waals surface area (Å²) >= 11 is 0. The Morgan fingerprint density at radius 1 is 1.00 bits per heavy atom. The molecular weight excluding hydrogens is 267 g/mol. The zero-order chi connectivity index (χ0) is 14.5. The molecule has 1 aromatic heterocycles. The lowest BCUT2D eigenvalue weighted by molar-refractivity contribution is 0.549. The van der Waals surface area contributed by atoms with Gasteiger partial charge >= 0.3 is 0 Å². The van der Waals surface area contributed by atoms with E-state index in [4.69, 9.17) is 0 Å². The summed E-state index contributed by atoms with van der Waals surface area (Å²) in [6.07, 6.45) is 3.98. The average molecular weight is 281 g/mol. The average Bonchev–Trinajstić information content (AvgIpc) is 2.41. The summed E-state index contributed by atoms with van der Waals surface area (Å²) in [5.74, 6) is -2.94. The van der Waals surface area contributed by atoms with E-state index in [1.807, 2.05) is 6.92 Å². The Morgan fingerprint density at radius 2 is 1.65 bits per heavy atom. The van der Waals surface area contributed by atoms with E-state index in [9.17, 15) is 13.2 Å². The van der Waals surface area contributed by atoms with Gasteiger partial charge in [0.1, 0.15) is 11.5 Å². The highest BCUT2D eigenvalue weighted by Gasteiger charge is 2.11. The lowest BCUT2D eigenvalue weighted by Crippen LogP contribution is -2.02. The van der Waals surface area contributed by atoms with E-state index < -0.39 is 23.1 Å². The summed E-state index contributed by atoms with van der Waals surface area (Å²) in [6, 6.07) is 2.92. The first-order valence-electron chi connectivity index (χ1n) is 6.20. The molecular formula is C14H14F3N3. The minimum Gasteiger partial charge on any atom is -0.384 e. The van der Waals surface area contributed by atoms with Crippen molar-refractivity contribution in [1.29, 1.82) is 0 Å². The van der Waals surface area contributed by atoms with Crippen LogP contribution in [0.1, 0.15) is 13.3 Å². The van der Waals surface area contributed by atoms with Crippen LogP contribution in [0.5, 0.6) is 0 Å². The van der Waals surface area contributed by atoms with Gasteiger partial charge in [-0.05, 0) is 12.5 Å². The van der Waals surface area contributed by atoms with Crippen molar-refractivity contribution < 1.29 is 13.2 Å². The van der Waals surface area contributed by atoms with Crippen molar-refractivity contribution in [3.05, 3.63) is 48.0 Å². The fraction of sp³-hybridized carbons (Fsp3) is 0.214. The smallest absolute Gasteiger partial charge is 0.152 e. The van der Waals surface area contributed by atoms with Gasteiger partial charge in [-0.1, -0.05) is 6.92 Å². The highest BCUT2D eigenvalue weighted by atomic mass is 19.1. The van der Waals surface area contributed by atoms with Crippen LogP contribution in [0.15, 0.2) is 30.6 Å². The van der Waals surface area contributed by atoms with Gasteiger partial charge in [-0.2, -0.15) is 0 Å². The number of hydrogen-bond donors (Lipinski definition) is 2. The fourth-order valence-electron chi connectivity index (χ4n) is 1.68. The molecule has 0 aliphatic rings. The van der Waals surface area contributed by atoms with Gasteiger partial charge in [0, 0.05) is 18.7 Å². The standard InChI is InChI=1S/C14H14F3N3/c1-2-3-19-10-6-11(8-18-7-10)20-14-12(16)4-9(15)5-13(14)17/h4-8,19-20H,2-3H2,1H3. The number of benzene rings is 1. The van der Waals surface area contributed by atoms with Crippen molar-refractivity contribution in [1.82, 2.24) is 4.98 Å². The number of halogens is 3. The van der Waals surface area contributed by atoms with Gasteiger partial charge < -0.3 is 10.6 Å². The number of pyridine rings is 1. The molecule has 6 heteroatoms. The van der Waals surface area contributed by atoms with Gasteiger partial charge in [-0.25, -0.2) is 13.2 Å². The molecule has 0 spiro atoms. The molecule has 0 saturated carbocycles. The molecule has 0 saturated heterocycles. The van der Waals surface area contributed by atoms with Crippen LogP contribution < -0.4 is 10.6 Å². The molecule has 1 heterocycles. The van der Waals surface area contributed by atoms with Gasteiger partial charge in [0.05, 0.1) is 23.8 Å². The maximum atomic E-state index is 13.5. The van der Waals surface area contributed by atoms with E-state index in [-0.39, 0.29) is 0 Å². The maximum Gasteiger partial charge on any atom is 0.152 e. The molecule has 2 N–H and O–H groups in total. The van der Waals surface area contributed by atoms with E-state index in [0.29, 0.717) is 17.8 Å². The molecule has 106 valence electrons. The number of rotatable bonds is 5. The Balaban J connectivity index is 2.22. The SMILES string of the molecule is CCCNc1cncc(Nc2c(F)cc(F)cc2F)c1. The normalized spacial score (nSPS) is 10.4. The predicted molar refractivity (Wildman–Crippen MR) is 72.6 cm³/mol. The zero-order valence-corrected chi connectivity index (χ0v) is 10.9. The first kappa shape index (κ1) is 14.2. The number of aromatic nitrogens is 1. The molecule has 2 rings (SSSR count). The van der Waals surface area contributed by atoms with Crippen LogP contribution in [0.2, 0.25) is 0 Å². The second-order valence-corrected chi connectivity index (χ2v) is 4.26. The van der Waals surface area contributed by atoms with Crippen LogP contribution in [-0.2, 0) is 0 Å². The molecule has 1 aromatic carbocycles. The number of hydrogen-bond acceptors (Lipinski definition) is 3. The minimum absolute atomic E-state index is 0.402. The van der Waals surface area contributed by atoms with Crippen molar-refractivity contribution in [3.8, 4) is 0 Å². The summed E-state index contributed by atoms with van der Waals surface area (Å²) in [5, 5.41) is 5.67. The summed E-state index contributed by atoms with van der Waals surface area (Å²) in [5.41, 5.74) is 0.746. The van der Waals surface area contributed by atoms with E-state index in [0.717, 1.165) is 18.7 Å². The van der Waals surface area contributed by atoms with Gasteiger partial charge in [0.2, 0.25) is 0 Å². The predicted octanol–water partition coefficient (Wildman–Crippen LogP) is 4.06. The molecule has 0 radical (unpaired) electrons. The highest BCUT2D eigenvalue weighted by molar-refractivity contribution is 5.63. The van der Waals surface area contributed by atoms with Crippen molar-refractivity contribution >= 4 is 17.1 Å². The third kappa shape index (κ3) is 3.40. The molecule has 0 aliphatic carbocycles. The van der Waals surface area contributed by atoms with Crippen LogP contribution in [0.3, 0.4) is 0 Å². The minimum atomic E-state index is -0.991. The Hall–Kier alpha value is -2.24. The van der Waals surface area contributed by atoms with Crippen molar-refractivity contribution in [2.75, 3.05) is 17.2 Å². The van der Waals surface area contributed by atoms with Gasteiger partial charge in [0.15, 0.2) is 11.6 Å². The second-order valence-electron chi connectivity index (χ2n) is 4.26. The molecule has 0 amide bonds. The highest BCUT2D eigenvalue weighted by Crippen LogP contribution is 2.25. The molecule has 0 atom stereocenters. The topological polar surface area (TPSA) is 37.0 Å². The summed E-state index contributed by atoms with van der Waals surface area (Å²) in [4.78, 5) is 3.97. The first-order chi connectivity index (χ1) is 9.60. The van der Waals surface area contributed by atoms with Crippen LogP contribution in [0, 0.1) is 17.5 Å².